The van der Waals surface area contributed by atoms with E-state index in [2.05, 4.69) is 22.2 Å². The summed E-state index contributed by atoms with van der Waals surface area (Å²) in [6.45, 7) is 3.31. The number of carbonyl (C=O) groups excluding carboxylic acids is 1. The van der Waals surface area contributed by atoms with Crippen molar-refractivity contribution in [3.8, 4) is 0 Å². The molecule has 0 bridgehead atoms. The van der Waals surface area contributed by atoms with Crippen LogP contribution in [0.2, 0.25) is 0 Å². The average Bonchev–Trinajstić information content (AvgIpc) is 3.16. The van der Waals surface area contributed by atoms with E-state index in [4.69, 9.17) is 0 Å². The number of fused-ring (bicyclic) bond motifs is 1. The van der Waals surface area contributed by atoms with Gasteiger partial charge in [0.1, 0.15) is 10.8 Å². The van der Waals surface area contributed by atoms with Crippen molar-refractivity contribution in [1.29, 1.82) is 0 Å². The second-order valence-electron chi connectivity index (χ2n) is 5.60. The lowest BCUT2D eigenvalue weighted by molar-refractivity contribution is -0.121. The molecule has 0 fully saturated rings. The zero-order valence-corrected chi connectivity index (χ0v) is 13.8. The van der Waals surface area contributed by atoms with Gasteiger partial charge >= 0.3 is 0 Å². The molecule has 1 N–H and O–H groups in total. The average molecular weight is 318 g/mol. The van der Waals surface area contributed by atoms with Gasteiger partial charge in [0.25, 0.3) is 0 Å². The Bertz CT molecular complexity index is 623. The predicted octanol–water partition coefficient (Wildman–Crippen LogP) is 2.49. The number of nitrogens with zero attached hydrogens (tertiary/aromatic N) is 3. The monoisotopic (exact) mass is 318 g/mol. The van der Waals surface area contributed by atoms with Crippen LogP contribution < -0.4 is 5.32 Å². The maximum absolute atomic E-state index is 12.0. The minimum Gasteiger partial charge on any atom is -0.350 e. The largest absolute Gasteiger partial charge is 0.350 e. The minimum absolute atomic E-state index is 0.0731. The quantitative estimate of drug-likeness (QED) is 0.890. The van der Waals surface area contributed by atoms with Gasteiger partial charge in [-0.05, 0) is 25.7 Å². The standard InChI is InChI=1S/C16H22N4OS/c1-2-14-17-8-10-20(14)9-7-15(21)18-11-16-19-12-5-3-4-6-13(12)22-16/h8,10H,2-7,9,11H2,1H3,(H,18,21). The van der Waals surface area contributed by atoms with Crippen LogP contribution in [0.1, 0.15) is 47.6 Å². The van der Waals surface area contributed by atoms with Gasteiger partial charge in [0.2, 0.25) is 5.91 Å². The third-order valence-electron chi connectivity index (χ3n) is 4.02. The molecule has 118 valence electrons. The molecule has 0 aromatic carbocycles. The topological polar surface area (TPSA) is 59.8 Å². The number of aromatic nitrogens is 3. The Morgan fingerprint density at radius 3 is 3.09 bits per heavy atom. The lowest BCUT2D eigenvalue weighted by Gasteiger charge is -2.07. The molecule has 2 heterocycles. The number of imidazole rings is 1. The normalized spacial score (nSPS) is 13.9. The van der Waals surface area contributed by atoms with E-state index in [9.17, 15) is 4.79 Å². The van der Waals surface area contributed by atoms with Crippen LogP contribution in [0.3, 0.4) is 0 Å². The van der Waals surface area contributed by atoms with E-state index >= 15 is 0 Å². The lowest BCUT2D eigenvalue weighted by Crippen LogP contribution is -2.24. The van der Waals surface area contributed by atoms with Gasteiger partial charge in [-0.15, -0.1) is 11.3 Å². The summed E-state index contributed by atoms with van der Waals surface area (Å²) in [5, 5.41) is 4.02. The molecule has 1 aliphatic rings. The van der Waals surface area contributed by atoms with Crippen molar-refractivity contribution >= 4 is 17.2 Å². The molecule has 0 saturated heterocycles. The summed E-state index contributed by atoms with van der Waals surface area (Å²) >= 11 is 1.76. The van der Waals surface area contributed by atoms with E-state index < -0.39 is 0 Å². The molecule has 0 atom stereocenters. The summed E-state index contributed by atoms with van der Waals surface area (Å²) in [4.78, 5) is 22.3. The van der Waals surface area contributed by atoms with Crippen molar-refractivity contribution in [2.45, 2.75) is 58.5 Å². The fraction of sp³-hybridized carbons (Fsp3) is 0.562. The molecule has 0 spiro atoms. The van der Waals surface area contributed by atoms with Gasteiger partial charge in [0.05, 0.1) is 12.2 Å². The van der Waals surface area contributed by atoms with E-state index in [1.165, 1.54) is 23.4 Å². The fourth-order valence-corrected chi connectivity index (χ4v) is 3.92. The molecular weight excluding hydrogens is 296 g/mol. The van der Waals surface area contributed by atoms with Gasteiger partial charge in [-0.2, -0.15) is 0 Å². The SMILES string of the molecule is CCc1nccn1CCC(=O)NCc1nc2c(s1)CCCC2. The second kappa shape index (κ2) is 7.05. The Kier molecular flexibility index (Phi) is 4.87. The molecular formula is C16H22N4OS. The number of amides is 1. The highest BCUT2D eigenvalue weighted by Crippen LogP contribution is 2.26. The molecule has 1 amide bonds. The fourth-order valence-electron chi connectivity index (χ4n) is 2.82. The van der Waals surface area contributed by atoms with Crippen LogP contribution in [0.15, 0.2) is 12.4 Å². The number of hydrogen-bond acceptors (Lipinski definition) is 4. The van der Waals surface area contributed by atoms with Crippen molar-refractivity contribution in [3.63, 3.8) is 0 Å². The Balaban J connectivity index is 1.47. The van der Waals surface area contributed by atoms with Crippen molar-refractivity contribution in [2.24, 2.45) is 0 Å². The van der Waals surface area contributed by atoms with Crippen LogP contribution >= 0.6 is 11.3 Å². The van der Waals surface area contributed by atoms with Gasteiger partial charge in [-0.3, -0.25) is 4.79 Å². The zero-order valence-electron chi connectivity index (χ0n) is 13.0. The summed E-state index contributed by atoms with van der Waals surface area (Å²) in [5.41, 5.74) is 1.26. The van der Waals surface area contributed by atoms with Crippen LogP contribution in [0.25, 0.3) is 0 Å². The highest BCUT2D eigenvalue weighted by Gasteiger charge is 2.15. The summed E-state index contributed by atoms with van der Waals surface area (Å²) in [6, 6.07) is 0. The van der Waals surface area contributed by atoms with Crippen molar-refractivity contribution in [1.82, 2.24) is 19.9 Å². The van der Waals surface area contributed by atoms with Gasteiger partial charge in [0, 0.05) is 36.7 Å². The van der Waals surface area contributed by atoms with Crippen molar-refractivity contribution < 1.29 is 4.79 Å². The first-order chi connectivity index (χ1) is 10.8. The molecule has 3 rings (SSSR count). The summed E-state index contributed by atoms with van der Waals surface area (Å²) < 4.78 is 2.04. The van der Waals surface area contributed by atoms with Gasteiger partial charge in [-0.1, -0.05) is 6.92 Å². The van der Waals surface area contributed by atoms with Gasteiger partial charge in [0.15, 0.2) is 0 Å². The molecule has 2 aromatic rings. The van der Waals surface area contributed by atoms with Crippen molar-refractivity contribution in [2.75, 3.05) is 0 Å². The van der Waals surface area contributed by atoms with E-state index in [1.807, 2.05) is 10.8 Å². The van der Waals surface area contributed by atoms with Crippen LogP contribution in [-0.4, -0.2) is 20.4 Å². The van der Waals surface area contributed by atoms with Gasteiger partial charge < -0.3 is 9.88 Å². The number of nitrogens with one attached hydrogen (secondary N) is 1. The maximum atomic E-state index is 12.0. The Labute approximate surface area is 134 Å². The lowest BCUT2D eigenvalue weighted by atomic mass is 10.0. The van der Waals surface area contributed by atoms with Crippen LogP contribution in [-0.2, 0) is 37.1 Å². The first-order valence-corrected chi connectivity index (χ1v) is 8.82. The number of aryl methyl sites for hydroxylation is 4. The Morgan fingerprint density at radius 2 is 2.27 bits per heavy atom. The van der Waals surface area contributed by atoms with E-state index in [0.717, 1.165) is 30.1 Å². The van der Waals surface area contributed by atoms with Crippen LogP contribution in [0.4, 0.5) is 0 Å². The van der Waals surface area contributed by atoms with E-state index in [0.29, 0.717) is 19.5 Å². The third kappa shape index (κ3) is 3.55. The smallest absolute Gasteiger partial charge is 0.222 e. The molecule has 5 nitrogen and oxygen atoms in total. The first-order valence-electron chi connectivity index (χ1n) is 8.00. The zero-order chi connectivity index (χ0) is 15.4. The molecule has 6 heteroatoms. The van der Waals surface area contributed by atoms with Crippen LogP contribution in [0.5, 0.6) is 0 Å². The minimum atomic E-state index is 0.0731. The predicted molar refractivity (Wildman–Crippen MR) is 86.8 cm³/mol. The van der Waals surface area contributed by atoms with E-state index in [-0.39, 0.29) is 5.91 Å². The molecule has 22 heavy (non-hydrogen) atoms. The number of carbonyl (C=O) groups is 1. The van der Waals surface area contributed by atoms with Gasteiger partial charge in [-0.25, -0.2) is 9.97 Å². The molecule has 0 radical (unpaired) electrons. The van der Waals surface area contributed by atoms with Crippen molar-refractivity contribution in [3.05, 3.63) is 33.8 Å². The molecule has 1 aliphatic carbocycles. The molecule has 2 aromatic heterocycles. The summed E-state index contributed by atoms with van der Waals surface area (Å²) in [7, 11) is 0. The molecule has 0 aliphatic heterocycles. The summed E-state index contributed by atoms with van der Waals surface area (Å²) in [6.07, 6.45) is 9.85. The highest BCUT2D eigenvalue weighted by molar-refractivity contribution is 7.11. The van der Waals surface area contributed by atoms with Crippen LogP contribution in [0, 0.1) is 0 Å². The molecule has 0 saturated carbocycles. The first kappa shape index (κ1) is 15.2. The highest BCUT2D eigenvalue weighted by atomic mass is 32.1. The second-order valence-corrected chi connectivity index (χ2v) is 6.77. The molecule has 0 unspecified atom stereocenters. The summed E-state index contributed by atoms with van der Waals surface area (Å²) in [5.74, 6) is 1.10. The third-order valence-corrected chi connectivity index (χ3v) is 5.18. The van der Waals surface area contributed by atoms with E-state index in [1.54, 1.807) is 17.5 Å². The Hall–Kier alpha value is -1.69. The number of hydrogen-bond donors (Lipinski definition) is 1. The Morgan fingerprint density at radius 1 is 1.41 bits per heavy atom. The number of rotatable bonds is 6. The maximum Gasteiger partial charge on any atom is 0.222 e. The number of thiazole rings is 1.